The molecule has 2 atom stereocenters. The molecule has 192 valence electrons. The second-order valence-corrected chi connectivity index (χ2v) is 9.57. The van der Waals surface area contributed by atoms with Gasteiger partial charge in [0.2, 0.25) is 0 Å². The third-order valence-corrected chi connectivity index (χ3v) is 7.44. The highest BCUT2D eigenvalue weighted by Crippen LogP contribution is 2.44. The summed E-state index contributed by atoms with van der Waals surface area (Å²) in [6.45, 7) is 0.0392. The highest BCUT2D eigenvalue weighted by molar-refractivity contribution is 8.00. The predicted octanol–water partition coefficient (Wildman–Crippen LogP) is 3.86. The fraction of sp³-hybridized carbons (Fsp3) is 0.185. The molecule has 2 aliphatic rings. The Morgan fingerprint density at radius 2 is 1.87 bits per heavy atom. The number of hydrogen-bond acceptors (Lipinski definition) is 9. The molecule has 38 heavy (non-hydrogen) atoms. The Balaban J connectivity index is 1.37. The first-order valence-corrected chi connectivity index (χ1v) is 12.7. The zero-order valence-corrected chi connectivity index (χ0v) is 21.0. The number of hydrogen-bond donors (Lipinski definition) is 0. The number of ether oxygens (including phenoxy) is 2. The summed E-state index contributed by atoms with van der Waals surface area (Å²) in [6.07, 6.45) is 4.79. The topological polar surface area (TPSA) is 124 Å². The van der Waals surface area contributed by atoms with Crippen LogP contribution in [0, 0.1) is 10.1 Å². The van der Waals surface area contributed by atoms with E-state index in [9.17, 15) is 19.7 Å². The number of non-ortho nitro benzene ring substituents is 1. The lowest BCUT2D eigenvalue weighted by Crippen LogP contribution is -2.64. The summed E-state index contributed by atoms with van der Waals surface area (Å²) in [5, 5.41) is 10.5. The van der Waals surface area contributed by atoms with Crippen LogP contribution >= 0.6 is 11.8 Å². The van der Waals surface area contributed by atoms with E-state index >= 15 is 0 Å². The molecule has 0 N–H and O–H groups in total. The molecule has 2 aromatic carbocycles. The summed E-state index contributed by atoms with van der Waals surface area (Å²) in [6, 6.07) is 16.0. The average molecular weight is 531 g/mol. The molecule has 1 saturated heterocycles. The van der Waals surface area contributed by atoms with Crippen LogP contribution in [0.4, 0.5) is 5.69 Å². The van der Waals surface area contributed by atoms with Crippen LogP contribution in [0.5, 0.6) is 5.75 Å². The monoisotopic (exact) mass is 530 g/mol. The number of carbonyl (C=O) groups is 2. The molecule has 0 bridgehead atoms. The summed E-state index contributed by atoms with van der Waals surface area (Å²) < 4.78 is 10.8. The minimum atomic E-state index is -0.682. The molecule has 2 aliphatic heterocycles. The number of pyridine rings is 1. The van der Waals surface area contributed by atoms with Gasteiger partial charge in [-0.1, -0.05) is 12.1 Å². The van der Waals surface area contributed by atoms with E-state index in [0.717, 1.165) is 11.1 Å². The molecule has 0 radical (unpaired) electrons. The third-order valence-electron chi connectivity index (χ3n) is 6.18. The van der Waals surface area contributed by atoms with E-state index in [4.69, 9.17) is 9.47 Å². The zero-order chi connectivity index (χ0) is 26.6. The number of fused-ring (bicyclic) bond motifs is 1. The lowest BCUT2D eigenvalue weighted by Gasteiger charge is -2.48. The van der Waals surface area contributed by atoms with Crippen molar-refractivity contribution < 1.29 is 24.0 Å². The average Bonchev–Trinajstić information content (AvgIpc) is 2.96. The van der Waals surface area contributed by atoms with Crippen LogP contribution in [0.25, 0.3) is 5.57 Å². The number of nitro groups is 1. The van der Waals surface area contributed by atoms with Crippen molar-refractivity contribution in [3.8, 4) is 5.75 Å². The molecule has 3 aromatic rings. The number of nitrogens with zero attached hydrogens (tertiary/aromatic N) is 4. The van der Waals surface area contributed by atoms with E-state index in [-0.39, 0.29) is 29.3 Å². The lowest BCUT2D eigenvalue weighted by molar-refractivity contribution is -0.384. The smallest absolute Gasteiger partial charge is 0.355 e. The number of rotatable bonds is 8. The molecule has 0 spiro atoms. The number of aromatic nitrogens is 1. The minimum absolute atomic E-state index is 0.0255. The van der Waals surface area contributed by atoms with E-state index < -0.39 is 16.9 Å². The summed E-state index contributed by atoms with van der Waals surface area (Å²) in [4.78, 5) is 46.9. The standard InChI is InChI=1S/C27H22N4O6S/c1-36-21-8-4-18(5-9-21)15-37-27(33)24-22(19-10-12-28-13-11-19)16-38-26-23(25(32)30(24)26)29-14-17-2-6-20(7-3-17)31(34)35/h2-14,23,26H,15-16H2,1H3/t23-,26-/m1/s1. The fourth-order valence-corrected chi connectivity index (χ4v) is 5.52. The summed E-state index contributed by atoms with van der Waals surface area (Å²) >= 11 is 1.51. The Morgan fingerprint density at radius 1 is 1.16 bits per heavy atom. The summed E-state index contributed by atoms with van der Waals surface area (Å²) in [7, 11) is 1.58. The molecule has 1 amide bonds. The van der Waals surface area contributed by atoms with E-state index in [2.05, 4.69) is 9.98 Å². The normalized spacial score (nSPS) is 18.7. The maximum Gasteiger partial charge on any atom is 0.355 e. The van der Waals surface area contributed by atoms with Gasteiger partial charge < -0.3 is 9.47 Å². The Kier molecular flexibility index (Phi) is 7.18. The second-order valence-electron chi connectivity index (χ2n) is 8.47. The lowest BCUT2D eigenvalue weighted by atomic mass is 9.99. The summed E-state index contributed by atoms with van der Waals surface area (Å²) in [5.41, 5.74) is 3.08. The van der Waals surface area contributed by atoms with Gasteiger partial charge in [-0.2, -0.15) is 0 Å². The Morgan fingerprint density at radius 3 is 2.53 bits per heavy atom. The first-order valence-electron chi connectivity index (χ1n) is 11.6. The number of methoxy groups -OCH3 is 1. The molecule has 1 aromatic heterocycles. The second kappa shape index (κ2) is 10.9. The van der Waals surface area contributed by atoms with E-state index in [0.29, 0.717) is 22.6 Å². The number of benzene rings is 2. The van der Waals surface area contributed by atoms with Gasteiger partial charge in [-0.15, -0.1) is 11.8 Å². The maximum absolute atomic E-state index is 13.4. The van der Waals surface area contributed by atoms with E-state index in [1.165, 1.54) is 35.0 Å². The number of aliphatic imine (C=N–C) groups is 1. The number of nitro benzene ring substituents is 1. The van der Waals surface area contributed by atoms with Crippen LogP contribution < -0.4 is 4.74 Å². The Hall–Kier alpha value is -4.51. The van der Waals surface area contributed by atoms with Gasteiger partial charge in [-0.25, -0.2) is 4.79 Å². The highest BCUT2D eigenvalue weighted by Gasteiger charge is 2.54. The van der Waals surface area contributed by atoms with Gasteiger partial charge in [0, 0.05) is 42.1 Å². The van der Waals surface area contributed by atoms with Crippen molar-refractivity contribution in [2.75, 3.05) is 12.9 Å². The van der Waals surface area contributed by atoms with Crippen LogP contribution in [0.2, 0.25) is 0 Å². The number of amides is 1. The number of carbonyl (C=O) groups excluding carboxylic acids is 2. The molecular weight excluding hydrogens is 508 g/mol. The number of esters is 1. The molecule has 10 nitrogen and oxygen atoms in total. The number of thioether (sulfide) groups is 1. The van der Waals surface area contributed by atoms with Crippen molar-refractivity contribution in [3.05, 3.63) is 106 Å². The van der Waals surface area contributed by atoms with E-state index in [1.807, 2.05) is 12.1 Å². The Labute approximate surface area is 222 Å². The van der Waals surface area contributed by atoms with Gasteiger partial charge in [-0.05, 0) is 53.1 Å². The van der Waals surface area contributed by atoms with Crippen LogP contribution in [0.15, 0.2) is 83.7 Å². The van der Waals surface area contributed by atoms with Gasteiger partial charge >= 0.3 is 5.97 Å². The number of β-lactam (4-membered cyclic amide) rings is 1. The SMILES string of the molecule is COc1ccc(COC(=O)C2=C(c3ccncc3)CS[C@@H]3[C@H](N=Cc4ccc([N+](=O)[O-])cc4)C(=O)N23)cc1. The molecule has 5 rings (SSSR count). The fourth-order valence-electron chi connectivity index (χ4n) is 4.15. The van der Waals surface area contributed by atoms with Crippen LogP contribution in [-0.4, -0.2) is 57.2 Å². The first-order chi connectivity index (χ1) is 18.5. The minimum Gasteiger partial charge on any atom is -0.497 e. The van der Waals surface area contributed by atoms with Gasteiger partial charge in [0.05, 0.1) is 12.0 Å². The van der Waals surface area contributed by atoms with Crippen molar-refractivity contribution in [1.29, 1.82) is 0 Å². The maximum atomic E-state index is 13.4. The third kappa shape index (κ3) is 5.00. The van der Waals surface area contributed by atoms with Crippen LogP contribution in [0.3, 0.4) is 0 Å². The van der Waals surface area contributed by atoms with Gasteiger partial charge in [-0.3, -0.25) is 29.8 Å². The summed E-state index contributed by atoms with van der Waals surface area (Å²) in [5.74, 6) is 0.267. The predicted molar refractivity (Wildman–Crippen MR) is 142 cm³/mol. The molecule has 1 fully saturated rings. The van der Waals surface area contributed by atoms with Gasteiger partial charge in [0.25, 0.3) is 11.6 Å². The van der Waals surface area contributed by atoms with Crippen molar-refractivity contribution in [2.24, 2.45) is 4.99 Å². The largest absolute Gasteiger partial charge is 0.497 e. The molecule has 0 saturated carbocycles. The van der Waals surface area contributed by atoms with Crippen molar-refractivity contribution >= 4 is 41.1 Å². The Bertz CT molecular complexity index is 1420. The molecule has 11 heteroatoms. The zero-order valence-electron chi connectivity index (χ0n) is 20.2. The van der Waals surface area contributed by atoms with Crippen LogP contribution in [0.1, 0.15) is 16.7 Å². The van der Waals surface area contributed by atoms with E-state index in [1.54, 1.807) is 55.9 Å². The highest BCUT2D eigenvalue weighted by atomic mass is 32.2. The molecule has 0 unspecified atom stereocenters. The first kappa shape index (κ1) is 25.2. The van der Waals surface area contributed by atoms with Crippen molar-refractivity contribution in [1.82, 2.24) is 9.88 Å². The van der Waals surface area contributed by atoms with Crippen molar-refractivity contribution in [2.45, 2.75) is 18.0 Å². The van der Waals surface area contributed by atoms with Gasteiger partial charge in [0.15, 0.2) is 6.04 Å². The molecule has 3 heterocycles. The molecule has 0 aliphatic carbocycles. The van der Waals surface area contributed by atoms with Crippen molar-refractivity contribution in [3.63, 3.8) is 0 Å². The quantitative estimate of drug-likeness (QED) is 0.141. The molecular formula is C27H22N4O6S. The van der Waals surface area contributed by atoms with Crippen LogP contribution in [-0.2, 0) is 20.9 Å². The van der Waals surface area contributed by atoms with Gasteiger partial charge in [0.1, 0.15) is 23.4 Å².